The fourth-order valence-electron chi connectivity index (χ4n) is 2.59. The molecule has 0 spiro atoms. The monoisotopic (exact) mass is 309 g/mol. The van der Waals surface area contributed by atoms with Crippen molar-refractivity contribution in [1.82, 2.24) is 15.0 Å². The van der Waals surface area contributed by atoms with E-state index in [0.29, 0.717) is 6.54 Å². The first-order valence-corrected chi connectivity index (χ1v) is 7.88. The lowest BCUT2D eigenvalue weighted by Gasteiger charge is -2.26. The zero-order valence-corrected chi connectivity index (χ0v) is 14.3. The number of hydrogen-bond acceptors (Lipinski definition) is 5. The average Bonchev–Trinajstić information content (AvgIpc) is 2.64. The van der Waals surface area contributed by atoms with E-state index >= 15 is 0 Å². The van der Waals surface area contributed by atoms with Gasteiger partial charge in [-0.25, -0.2) is 4.79 Å². The molecular formula is C16H27N3O3. The molecule has 22 heavy (non-hydrogen) atoms. The minimum absolute atomic E-state index is 0.216. The Morgan fingerprint density at radius 1 is 1.23 bits per heavy atom. The summed E-state index contributed by atoms with van der Waals surface area (Å²) in [6, 6.07) is 0. The van der Waals surface area contributed by atoms with Crippen LogP contribution < -0.4 is 0 Å². The number of aromatic nitrogens is 1. The SMILES string of the molecule is Cc1noc(C)c1CN1CCCN(C(=O)OC(C)(C)C)CC1. The van der Waals surface area contributed by atoms with Crippen LogP contribution in [-0.2, 0) is 11.3 Å². The molecule has 0 unspecified atom stereocenters. The first-order chi connectivity index (χ1) is 10.3. The number of carbonyl (C=O) groups excluding carboxylic acids is 1. The quantitative estimate of drug-likeness (QED) is 0.840. The van der Waals surface area contributed by atoms with Gasteiger partial charge in [0.05, 0.1) is 5.69 Å². The standard InChI is InChI=1S/C16H27N3O3/c1-12-14(13(2)22-17-12)11-18-7-6-8-19(10-9-18)15(20)21-16(3,4)5/h6-11H2,1-5H3. The minimum atomic E-state index is -0.445. The highest BCUT2D eigenvalue weighted by atomic mass is 16.6. The van der Waals surface area contributed by atoms with E-state index in [9.17, 15) is 4.79 Å². The van der Waals surface area contributed by atoms with Crippen molar-refractivity contribution in [3.8, 4) is 0 Å². The van der Waals surface area contributed by atoms with Crippen LogP contribution in [0, 0.1) is 13.8 Å². The summed E-state index contributed by atoms with van der Waals surface area (Å²) in [5.74, 6) is 0.880. The van der Waals surface area contributed by atoms with Crippen molar-refractivity contribution in [2.45, 2.75) is 53.2 Å². The van der Waals surface area contributed by atoms with Crippen molar-refractivity contribution in [2.75, 3.05) is 26.2 Å². The summed E-state index contributed by atoms with van der Waals surface area (Å²) in [4.78, 5) is 16.3. The molecule has 2 rings (SSSR count). The van der Waals surface area contributed by atoms with Crippen LogP contribution in [-0.4, -0.2) is 52.8 Å². The zero-order chi connectivity index (χ0) is 16.3. The molecule has 2 heterocycles. The van der Waals surface area contributed by atoms with Gasteiger partial charge in [0.1, 0.15) is 11.4 Å². The Balaban J connectivity index is 1.91. The highest BCUT2D eigenvalue weighted by Crippen LogP contribution is 2.17. The number of hydrogen-bond donors (Lipinski definition) is 0. The largest absolute Gasteiger partial charge is 0.444 e. The second-order valence-electron chi connectivity index (χ2n) is 6.90. The highest BCUT2D eigenvalue weighted by Gasteiger charge is 2.25. The van der Waals surface area contributed by atoms with Gasteiger partial charge in [-0.3, -0.25) is 4.90 Å². The van der Waals surface area contributed by atoms with Gasteiger partial charge in [-0.15, -0.1) is 0 Å². The number of amides is 1. The Hall–Kier alpha value is -1.56. The van der Waals surface area contributed by atoms with Gasteiger partial charge in [0.25, 0.3) is 0 Å². The van der Waals surface area contributed by atoms with Crippen LogP contribution in [0.1, 0.15) is 44.2 Å². The second kappa shape index (κ2) is 6.69. The maximum atomic E-state index is 12.2. The summed E-state index contributed by atoms with van der Waals surface area (Å²) in [6.45, 7) is 13.7. The van der Waals surface area contributed by atoms with Crippen LogP contribution in [0.5, 0.6) is 0 Å². The maximum absolute atomic E-state index is 12.2. The summed E-state index contributed by atoms with van der Waals surface area (Å²) in [5.41, 5.74) is 1.66. The first kappa shape index (κ1) is 16.8. The van der Waals surface area contributed by atoms with Crippen molar-refractivity contribution in [1.29, 1.82) is 0 Å². The van der Waals surface area contributed by atoms with Gasteiger partial charge in [-0.05, 0) is 41.0 Å². The van der Waals surface area contributed by atoms with E-state index in [1.165, 1.54) is 0 Å². The predicted molar refractivity (Wildman–Crippen MR) is 83.7 cm³/mol. The molecule has 1 amide bonds. The fourth-order valence-corrected chi connectivity index (χ4v) is 2.59. The van der Waals surface area contributed by atoms with Crippen molar-refractivity contribution >= 4 is 6.09 Å². The van der Waals surface area contributed by atoms with Gasteiger partial charge in [0, 0.05) is 38.3 Å². The third kappa shape index (κ3) is 4.47. The molecule has 6 nitrogen and oxygen atoms in total. The summed E-state index contributed by atoms with van der Waals surface area (Å²) in [7, 11) is 0. The van der Waals surface area contributed by atoms with Gasteiger partial charge < -0.3 is 14.2 Å². The molecule has 1 fully saturated rings. The van der Waals surface area contributed by atoms with Crippen molar-refractivity contribution in [2.24, 2.45) is 0 Å². The van der Waals surface area contributed by atoms with E-state index in [0.717, 1.165) is 49.6 Å². The normalized spacial score (nSPS) is 17.4. The molecule has 1 aliphatic rings. The highest BCUT2D eigenvalue weighted by molar-refractivity contribution is 5.68. The van der Waals surface area contributed by atoms with Gasteiger partial charge in [0.15, 0.2) is 0 Å². The average molecular weight is 309 g/mol. The van der Waals surface area contributed by atoms with E-state index in [1.807, 2.05) is 34.6 Å². The van der Waals surface area contributed by atoms with Crippen molar-refractivity contribution in [3.63, 3.8) is 0 Å². The summed E-state index contributed by atoms with van der Waals surface area (Å²) < 4.78 is 10.7. The molecule has 0 aromatic carbocycles. The van der Waals surface area contributed by atoms with Gasteiger partial charge in [-0.1, -0.05) is 5.16 Å². The molecule has 124 valence electrons. The zero-order valence-electron chi connectivity index (χ0n) is 14.3. The van der Waals surface area contributed by atoms with E-state index in [4.69, 9.17) is 9.26 Å². The molecule has 0 radical (unpaired) electrons. The van der Waals surface area contributed by atoms with E-state index in [-0.39, 0.29) is 6.09 Å². The van der Waals surface area contributed by atoms with Gasteiger partial charge in [-0.2, -0.15) is 0 Å². The molecule has 1 aromatic rings. The van der Waals surface area contributed by atoms with Crippen LogP contribution in [0.15, 0.2) is 4.52 Å². The number of aryl methyl sites for hydroxylation is 2. The summed E-state index contributed by atoms with van der Waals surface area (Å²) in [5, 5.41) is 4.00. The van der Waals surface area contributed by atoms with Crippen LogP contribution in [0.4, 0.5) is 4.79 Å². The van der Waals surface area contributed by atoms with Crippen LogP contribution in [0.25, 0.3) is 0 Å². The number of carbonyl (C=O) groups is 1. The topological polar surface area (TPSA) is 58.8 Å². The fraction of sp³-hybridized carbons (Fsp3) is 0.750. The third-order valence-electron chi connectivity index (χ3n) is 3.80. The molecule has 0 bridgehead atoms. The molecule has 1 aliphatic heterocycles. The van der Waals surface area contributed by atoms with E-state index in [1.54, 1.807) is 4.90 Å². The predicted octanol–water partition coefficient (Wildman–Crippen LogP) is 2.73. The van der Waals surface area contributed by atoms with Gasteiger partial charge in [0.2, 0.25) is 0 Å². The van der Waals surface area contributed by atoms with Crippen LogP contribution in [0.2, 0.25) is 0 Å². The lowest BCUT2D eigenvalue weighted by atomic mass is 10.2. The molecule has 6 heteroatoms. The first-order valence-electron chi connectivity index (χ1n) is 7.88. The van der Waals surface area contributed by atoms with E-state index < -0.39 is 5.60 Å². The lowest BCUT2D eigenvalue weighted by Crippen LogP contribution is -2.39. The summed E-state index contributed by atoms with van der Waals surface area (Å²) in [6.07, 6.45) is 0.731. The third-order valence-corrected chi connectivity index (χ3v) is 3.80. The number of ether oxygens (including phenoxy) is 1. The van der Waals surface area contributed by atoms with Crippen LogP contribution >= 0.6 is 0 Å². The Labute approximate surface area is 132 Å². The second-order valence-corrected chi connectivity index (χ2v) is 6.90. The Morgan fingerprint density at radius 3 is 2.55 bits per heavy atom. The van der Waals surface area contributed by atoms with Gasteiger partial charge >= 0.3 is 6.09 Å². The number of rotatable bonds is 2. The molecule has 0 N–H and O–H groups in total. The smallest absolute Gasteiger partial charge is 0.410 e. The maximum Gasteiger partial charge on any atom is 0.410 e. The number of nitrogens with zero attached hydrogens (tertiary/aromatic N) is 3. The molecule has 1 saturated heterocycles. The van der Waals surface area contributed by atoms with E-state index in [2.05, 4.69) is 10.1 Å². The van der Waals surface area contributed by atoms with Crippen LogP contribution in [0.3, 0.4) is 0 Å². The molecule has 0 atom stereocenters. The molecule has 0 saturated carbocycles. The Morgan fingerprint density at radius 2 is 1.95 bits per heavy atom. The lowest BCUT2D eigenvalue weighted by molar-refractivity contribution is 0.0257. The minimum Gasteiger partial charge on any atom is -0.444 e. The molecule has 0 aliphatic carbocycles. The summed E-state index contributed by atoms with van der Waals surface area (Å²) >= 11 is 0. The molecular weight excluding hydrogens is 282 g/mol. The van der Waals surface area contributed by atoms with Crippen molar-refractivity contribution < 1.29 is 14.1 Å². The van der Waals surface area contributed by atoms with Crippen molar-refractivity contribution in [3.05, 3.63) is 17.0 Å². The Kier molecular flexibility index (Phi) is 5.11. The Bertz CT molecular complexity index is 500. The molecule has 1 aromatic heterocycles.